The van der Waals surface area contributed by atoms with Gasteiger partial charge in [0.1, 0.15) is 5.75 Å². The zero-order valence-electron chi connectivity index (χ0n) is 14.1. The van der Waals surface area contributed by atoms with Crippen molar-refractivity contribution in [2.75, 3.05) is 0 Å². The number of hydrogen-bond acceptors (Lipinski definition) is 4. The number of nitrogens with one attached hydrogen (secondary N) is 1. The fourth-order valence-electron chi connectivity index (χ4n) is 2.51. The second-order valence-corrected chi connectivity index (χ2v) is 6.13. The van der Waals surface area contributed by atoms with Crippen LogP contribution >= 0.6 is 12.2 Å². The standard InChI is InChI=1S/C20H17N3O2S/c1-13-6-8-15(9-7-13)19(24)25-18-11-10-14-4-2-3-5-16(14)17(18)12-22-23-20(21)26/h2-12H,1H3,(H3,21,23,26)/b22-12+. The molecule has 0 amide bonds. The van der Waals surface area contributed by atoms with Gasteiger partial charge in [-0.2, -0.15) is 5.10 Å². The minimum Gasteiger partial charge on any atom is -0.422 e. The molecule has 5 nitrogen and oxygen atoms in total. The predicted octanol–water partition coefficient (Wildman–Crippen LogP) is 3.53. The Hall–Kier alpha value is -3.25. The molecule has 0 aliphatic rings. The number of rotatable bonds is 4. The number of ether oxygens (including phenoxy) is 1. The molecule has 0 heterocycles. The molecule has 0 aliphatic carbocycles. The summed E-state index contributed by atoms with van der Waals surface area (Å²) in [5.41, 5.74) is 10.1. The summed E-state index contributed by atoms with van der Waals surface area (Å²) in [5, 5.41) is 5.96. The Morgan fingerprint density at radius 3 is 2.58 bits per heavy atom. The Kier molecular flexibility index (Phi) is 5.24. The third kappa shape index (κ3) is 4.04. The van der Waals surface area contributed by atoms with Crippen LogP contribution < -0.4 is 15.9 Å². The van der Waals surface area contributed by atoms with Gasteiger partial charge in [-0.15, -0.1) is 0 Å². The van der Waals surface area contributed by atoms with E-state index in [9.17, 15) is 4.79 Å². The van der Waals surface area contributed by atoms with Gasteiger partial charge in [-0.25, -0.2) is 4.79 Å². The van der Waals surface area contributed by atoms with Crippen molar-refractivity contribution in [2.45, 2.75) is 6.92 Å². The first-order valence-electron chi connectivity index (χ1n) is 7.94. The average molecular weight is 363 g/mol. The van der Waals surface area contributed by atoms with Gasteiger partial charge in [0.25, 0.3) is 0 Å². The van der Waals surface area contributed by atoms with E-state index in [1.54, 1.807) is 24.4 Å². The third-order valence-electron chi connectivity index (χ3n) is 3.79. The van der Waals surface area contributed by atoms with Crippen molar-refractivity contribution in [3.63, 3.8) is 0 Å². The fraction of sp³-hybridized carbons (Fsp3) is 0.0500. The zero-order valence-corrected chi connectivity index (χ0v) is 14.9. The van der Waals surface area contributed by atoms with Gasteiger partial charge in [0.2, 0.25) is 0 Å². The number of fused-ring (bicyclic) bond motifs is 1. The molecule has 0 bridgehead atoms. The van der Waals surface area contributed by atoms with Crippen LogP contribution in [0.25, 0.3) is 10.8 Å². The van der Waals surface area contributed by atoms with Crippen LogP contribution in [0, 0.1) is 6.92 Å². The molecule has 0 spiro atoms. The van der Waals surface area contributed by atoms with E-state index in [1.165, 1.54) is 0 Å². The lowest BCUT2D eigenvalue weighted by atomic mass is 10.0. The van der Waals surface area contributed by atoms with E-state index in [-0.39, 0.29) is 5.11 Å². The van der Waals surface area contributed by atoms with Gasteiger partial charge in [-0.3, -0.25) is 5.43 Å². The Morgan fingerprint density at radius 1 is 1.12 bits per heavy atom. The van der Waals surface area contributed by atoms with Crippen LogP contribution in [0.4, 0.5) is 0 Å². The number of carbonyl (C=O) groups is 1. The minimum absolute atomic E-state index is 0.0553. The summed E-state index contributed by atoms with van der Waals surface area (Å²) in [6, 6.07) is 18.6. The van der Waals surface area contributed by atoms with Crippen LogP contribution in [0.3, 0.4) is 0 Å². The Bertz CT molecular complexity index is 998. The van der Waals surface area contributed by atoms with E-state index < -0.39 is 5.97 Å². The van der Waals surface area contributed by atoms with Crippen molar-refractivity contribution in [1.29, 1.82) is 0 Å². The minimum atomic E-state index is -0.433. The largest absolute Gasteiger partial charge is 0.422 e. The highest BCUT2D eigenvalue weighted by Gasteiger charge is 2.13. The Labute approximate surface area is 156 Å². The van der Waals surface area contributed by atoms with Gasteiger partial charge in [0, 0.05) is 5.56 Å². The number of thiocarbonyl (C=S) groups is 1. The van der Waals surface area contributed by atoms with Crippen LogP contribution in [0.1, 0.15) is 21.5 Å². The van der Waals surface area contributed by atoms with E-state index >= 15 is 0 Å². The van der Waals surface area contributed by atoms with Crippen LogP contribution in [-0.4, -0.2) is 17.3 Å². The maximum atomic E-state index is 12.5. The molecule has 0 saturated carbocycles. The van der Waals surface area contributed by atoms with Crippen molar-refractivity contribution in [1.82, 2.24) is 5.43 Å². The molecule has 0 aromatic heterocycles. The van der Waals surface area contributed by atoms with Crippen LogP contribution in [0.5, 0.6) is 5.75 Å². The van der Waals surface area contributed by atoms with Crippen LogP contribution in [0.2, 0.25) is 0 Å². The highest BCUT2D eigenvalue weighted by atomic mass is 32.1. The first-order valence-corrected chi connectivity index (χ1v) is 8.34. The van der Waals surface area contributed by atoms with Gasteiger partial charge in [-0.1, -0.05) is 48.0 Å². The van der Waals surface area contributed by atoms with E-state index in [2.05, 4.69) is 10.5 Å². The second kappa shape index (κ2) is 7.76. The molecule has 0 saturated heterocycles. The van der Waals surface area contributed by atoms with Gasteiger partial charge >= 0.3 is 5.97 Å². The number of hydrazone groups is 1. The molecule has 6 heteroatoms. The summed E-state index contributed by atoms with van der Waals surface area (Å²) in [7, 11) is 0. The van der Waals surface area contributed by atoms with Gasteiger partial charge < -0.3 is 10.5 Å². The normalized spacial score (nSPS) is 10.8. The Balaban J connectivity index is 1.98. The molecule has 0 aliphatic heterocycles. The molecule has 3 aromatic carbocycles. The first-order chi connectivity index (χ1) is 12.5. The molecule has 130 valence electrons. The highest BCUT2D eigenvalue weighted by molar-refractivity contribution is 7.80. The number of carbonyl (C=O) groups excluding carboxylic acids is 1. The molecule has 3 aromatic rings. The van der Waals surface area contributed by atoms with E-state index in [0.717, 1.165) is 16.3 Å². The van der Waals surface area contributed by atoms with E-state index in [0.29, 0.717) is 16.9 Å². The molecular formula is C20H17N3O2S. The quantitative estimate of drug-likeness (QED) is 0.244. The summed E-state index contributed by atoms with van der Waals surface area (Å²) in [6.07, 6.45) is 1.54. The molecule has 0 atom stereocenters. The third-order valence-corrected chi connectivity index (χ3v) is 3.88. The molecule has 26 heavy (non-hydrogen) atoms. The number of benzene rings is 3. The molecule has 0 unspecified atom stereocenters. The molecule has 3 N–H and O–H groups in total. The average Bonchev–Trinajstić information content (AvgIpc) is 2.63. The molecule has 0 radical (unpaired) electrons. The van der Waals surface area contributed by atoms with Crippen molar-refractivity contribution in [3.8, 4) is 5.75 Å². The van der Waals surface area contributed by atoms with Crippen LogP contribution in [0.15, 0.2) is 65.8 Å². The summed E-state index contributed by atoms with van der Waals surface area (Å²) < 4.78 is 5.62. The smallest absolute Gasteiger partial charge is 0.343 e. The summed E-state index contributed by atoms with van der Waals surface area (Å²) in [4.78, 5) is 12.5. The molecule has 3 rings (SSSR count). The lowest BCUT2D eigenvalue weighted by Crippen LogP contribution is -2.24. The number of nitrogens with two attached hydrogens (primary N) is 1. The van der Waals surface area contributed by atoms with Gasteiger partial charge in [-0.05, 0) is 48.1 Å². The fourth-order valence-corrected chi connectivity index (χ4v) is 2.56. The number of nitrogens with zero attached hydrogens (tertiary/aromatic N) is 1. The summed E-state index contributed by atoms with van der Waals surface area (Å²) in [6.45, 7) is 1.96. The lowest BCUT2D eigenvalue weighted by molar-refractivity contribution is 0.0735. The molecular weight excluding hydrogens is 346 g/mol. The van der Waals surface area contributed by atoms with Crippen molar-refractivity contribution >= 4 is 40.3 Å². The lowest BCUT2D eigenvalue weighted by Gasteiger charge is -2.10. The van der Waals surface area contributed by atoms with Gasteiger partial charge in [0.15, 0.2) is 5.11 Å². The van der Waals surface area contributed by atoms with Crippen molar-refractivity contribution in [2.24, 2.45) is 10.8 Å². The van der Waals surface area contributed by atoms with Crippen molar-refractivity contribution in [3.05, 3.63) is 77.4 Å². The van der Waals surface area contributed by atoms with Gasteiger partial charge in [0.05, 0.1) is 11.8 Å². The van der Waals surface area contributed by atoms with Crippen molar-refractivity contribution < 1.29 is 9.53 Å². The topological polar surface area (TPSA) is 76.7 Å². The summed E-state index contributed by atoms with van der Waals surface area (Å²) in [5.74, 6) is -0.0278. The van der Waals surface area contributed by atoms with E-state index in [1.807, 2.05) is 49.4 Å². The number of aryl methyl sites for hydroxylation is 1. The number of hydrogen-bond donors (Lipinski definition) is 2. The number of esters is 1. The highest BCUT2D eigenvalue weighted by Crippen LogP contribution is 2.27. The SMILES string of the molecule is Cc1ccc(C(=O)Oc2ccc3ccccc3c2/C=N/NC(N)=S)cc1. The van der Waals surface area contributed by atoms with E-state index in [4.69, 9.17) is 22.7 Å². The second-order valence-electron chi connectivity index (χ2n) is 5.69. The van der Waals surface area contributed by atoms with Crippen LogP contribution in [-0.2, 0) is 0 Å². The Morgan fingerprint density at radius 2 is 1.85 bits per heavy atom. The molecule has 0 fully saturated rings. The first kappa shape index (κ1) is 17.6. The maximum absolute atomic E-state index is 12.5. The zero-order chi connectivity index (χ0) is 18.5. The maximum Gasteiger partial charge on any atom is 0.343 e. The predicted molar refractivity (Wildman–Crippen MR) is 108 cm³/mol. The monoisotopic (exact) mass is 363 g/mol. The summed E-state index contributed by atoms with van der Waals surface area (Å²) >= 11 is 4.75.